The van der Waals surface area contributed by atoms with E-state index in [1.54, 1.807) is 19.1 Å². The minimum absolute atomic E-state index is 0.0327. The lowest BCUT2D eigenvalue weighted by Gasteiger charge is -2.12. The third-order valence-electron chi connectivity index (χ3n) is 3.28. The van der Waals surface area contributed by atoms with Gasteiger partial charge in [-0.05, 0) is 18.6 Å². The molecule has 0 spiro atoms. The Labute approximate surface area is 123 Å². The smallest absolute Gasteiger partial charge is 0.153 e. The maximum atomic E-state index is 14.2. The summed E-state index contributed by atoms with van der Waals surface area (Å²) in [6.45, 7) is 1.71. The highest BCUT2D eigenvalue weighted by atomic mass is 35.5. The molecule has 0 unspecified atom stereocenters. The minimum Gasteiger partial charge on any atom is -0.292 e. The zero-order valence-electron chi connectivity index (χ0n) is 11.0. The molecule has 0 aliphatic heterocycles. The molecular formula is C15H10ClF3N2. The highest BCUT2D eigenvalue weighted by Gasteiger charge is 2.19. The molecule has 108 valence electrons. The number of para-hydroxylation sites is 1. The molecule has 0 saturated carbocycles. The average molecular weight is 311 g/mol. The van der Waals surface area contributed by atoms with Gasteiger partial charge in [0.05, 0.1) is 17.1 Å². The van der Waals surface area contributed by atoms with Crippen LogP contribution in [0, 0.1) is 24.4 Å². The Hall–Kier alpha value is -2.01. The van der Waals surface area contributed by atoms with Crippen molar-refractivity contribution in [2.75, 3.05) is 0 Å². The fourth-order valence-electron chi connectivity index (χ4n) is 2.40. The molecule has 1 heterocycles. The number of benzene rings is 2. The monoisotopic (exact) mass is 310 g/mol. The van der Waals surface area contributed by atoms with E-state index >= 15 is 0 Å². The van der Waals surface area contributed by atoms with Crippen LogP contribution in [0.3, 0.4) is 0 Å². The van der Waals surface area contributed by atoms with E-state index in [0.717, 1.165) is 12.1 Å². The summed E-state index contributed by atoms with van der Waals surface area (Å²) in [7, 11) is 0. The molecule has 0 amide bonds. The van der Waals surface area contributed by atoms with Crippen LogP contribution in [0.25, 0.3) is 16.7 Å². The van der Waals surface area contributed by atoms with E-state index in [1.807, 2.05) is 0 Å². The Morgan fingerprint density at radius 3 is 2.57 bits per heavy atom. The molecule has 2 aromatic carbocycles. The number of aromatic nitrogens is 2. The predicted octanol–water partition coefficient (Wildman–Crippen LogP) is 4.49. The Morgan fingerprint density at radius 1 is 1.14 bits per heavy atom. The zero-order chi connectivity index (χ0) is 15.1. The van der Waals surface area contributed by atoms with Gasteiger partial charge in [-0.25, -0.2) is 18.2 Å². The molecule has 0 aliphatic carbocycles. The molecule has 0 saturated heterocycles. The number of fused-ring (bicyclic) bond motifs is 1. The number of imidazole rings is 1. The van der Waals surface area contributed by atoms with Crippen LogP contribution in [0.4, 0.5) is 13.2 Å². The van der Waals surface area contributed by atoms with E-state index in [0.29, 0.717) is 5.56 Å². The van der Waals surface area contributed by atoms with Crippen molar-refractivity contribution < 1.29 is 13.2 Å². The van der Waals surface area contributed by atoms with Crippen molar-refractivity contribution in [3.05, 3.63) is 59.2 Å². The zero-order valence-corrected chi connectivity index (χ0v) is 11.8. The van der Waals surface area contributed by atoms with Gasteiger partial charge >= 0.3 is 0 Å². The number of nitrogens with zero attached hydrogens (tertiary/aromatic N) is 2. The van der Waals surface area contributed by atoms with Gasteiger partial charge in [-0.15, -0.1) is 11.6 Å². The average Bonchev–Trinajstić information content (AvgIpc) is 2.78. The largest absolute Gasteiger partial charge is 0.292 e. The molecule has 0 N–H and O–H groups in total. The molecule has 21 heavy (non-hydrogen) atoms. The van der Waals surface area contributed by atoms with Gasteiger partial charge in [0.15, 0.2) is 5.82 Å². The van der Waals surface area contributed by atoms with Crippen LogP contribution in [0.15, 0.2) is 30.3 Å². The lowest BCUT2D eigenvalue weighted by atomic mass is 10.2. The first kappa shape index (κ1) is 13.9. The van der Waals surface area contributed by atoms with Gasteiger partial charge in [-0.3, -0.25) is 4.57 Å². The van der Waals surface area contributed by atoms with Crippen LogP contribution in [-0.2, 0) is 5.88 Å². The summed E-state index contributed by atoms with van der Waals surface area (Å²) < 4.78 is 42.9. The third-order valence-corrected chi connectivity index (χ3v) is 3.52. The van der Waals surface area contributed by atoms with E-state index < -0.39 is 17.5 Å². The highest BCUT2D eigenvalue weighted by Crippen LogP contribution is 2.28. The molecule has 6 heteroatoms. The number of aryl methyl sites for hydroxylation is 1. The van der Waals surface area contributed by atoms with Crippen molar-refractivity contribution in [2.45, 2.75) is 12.8 Å². The summed E-state index contributed by atoms with van der Waals surface area (Å²) in [5.74, 6) is -1.86. The fraction of sp³-hybridized carbons (Fsp3) is 0.133. The van der Waals surface area contributed by atoms with Gasteiger partial charge in [0, 0.05) is 12.1 Å². The molecule has 3 aromatic rings. The van der Waals surface area contributed by atoms with Gasteiger partial charge in [0.25, 0.3) is 0 Å². The van der Waals surface area contributed by atoms with Crippen molar-refractivity contribution in [3.8, 4) is 5.69 Å². The Kier molecular flexibility index (Phi) is 3.37. The topological polar surface area (TPSA) is 17.8 Å². The van der Waals surface area contributed by atoms with Gasteiger partial charge < -0.3 is 0 Å². The quantitative estimate of drug-likeness (QED) is 0.638. The van der Waals surface area contributed by atoms with Crippen molar-refractivity contribution in [1.82, 2.24) is 9.55 Å². The molecule has 0 aliphatic rings. The summed E-state index contributed by atoms with van der Waals surface area (Å²) in [6.07, 6.45) is 0. The summed E-state index contributed by atoms with van der Waals surface area (Å²) in [6, 6.07) is 6.41. The van der Waals surface area contributed by atoms with Crippen LogP contribution >= 0.6 is 11.6 Å². The number of hydrogen-bond donors (Lipinski definition) is 0. The number of alkyl halides is 1. The van der Waals surface area contributed by atoms with Crippen molar-refractivity contribution in [2.24, 2.45) is 0 Å². The van der Waals surface area contributed by atoms with E-state index in [9.17, 15) is 13.2 Å². The maximum absolute atomic E-state index is 14.2. The number of hydrogen-bond acceptors (Lipinski definition) is 1. The van der Waals surface area contributed by atoms with Crippen LogP contribution in [0.2, 0.25) is 0 Å². The van der Waals surface area contributed by atoms with Gasteiger partial charge in [-0.1, -0.05) is 12.1 Å². The molecule has 0 radical (unpaired) electrons. The lowest BCUT2D eigenvalue weighted by molar-refractivity contribution is 0.590. The molecular weight excluding hydrogens is 301 g/mol. The third kappa shape index (κ3) is 2.17. The van der Waals surface area contributed by atoms with Crippen molar-refractivity contribution >= 4 is 22.6 Å². The van der Waals surface area contributed by atoms with E-state index in [4.69, 9.17) is 11.6 Å². The predicted molar refractivity (Wildman–Crippen MR) is 75.2 cm³/mol. The summed E-state index contributed by atoms with van der Waals surface area (Å²) in [4.78, 5) is 4.05. The van der Waals surface area contributed by atoms with Gasteiger partial charge in [0.1, 0.15) is 23.0 Å². The van der Waals surface area contributed by atoms with Crippen LogP contribution in [0.5, 0.6) is 0 Å². The second kappa shape index (κ2) is 5.07. The van der Waals surface area contributed by atoms with Crippen LogP contribution in [0.1, 0.15) is 11.4 Å². The summed E-state index contributed by atoms with van der Waals surface area (Å²) >= 11 is 5.83. The van der Waals surface area contributed by atoms with Gasteiger partial charge in [0.2, 0.25) is 0 Å². The van der Waals surface area contributed by atoms with E-state index in [1.165, 1.54) is 10.6 Å². The Balaban J connectivity index is 2.46. The normalized spacial score (nSPS) is 11.3. The van der Waals surface area contributed by atoms with Crippen molar-refractivity contribution in [1.29, 1.82) is 0 Å². The molecule has 0 atom stereocenters. The second-order valence-corrected chi connectivity index (χ2v) is 4.93. The summed E-state index contributed by atoms with van der Waals surface area (Å²) in [5.41, 5.74) is 0.928. The molecule has 3 rings (SSSR count). The number of rotatable bonds is 2. The standard InChI is InChI=1S/C15H10ClF3N2/c1-8-3-2-4-10(18)15(8)21-12-6-9(17)5-11(19)14(12)20-13(21)7-16/h2-6H,7H2,1H3. The Morgan fingerprint density at radius 2 is 1.90 bits per heavy atom. The lowest BCUT2D eigenvalue weighted by Crippen LogP contribution is -2.04. The SMILES string of the molecule is Cc1cccc(F)c1-n1c(CCl)nc2c(F)cc(F)cc21. The number of halogens is 4. The minimum atomic E-state index is -0.802. The van der Waals surface area contributed by atoms with Crippen molar-refractivity contribution in [3.63, 3.8) is 0 Å². The first-order valence-corrected chi connectivity index (χ1v) is 6.74. The first-order valence-electron chi connectivity index (χ1n) is 6.20. The van der Waals surface area contributed by atoms with Crippen LogP contribution in [-0.4, -0.2) is 9.55 Å². The van der Waals surface area contributed by atoms with Crippen LogP contribution < -0.4 is 0 Å². The second-order valence-electron chi connectivity index (χ2n) is 4.66. The van der Waals surface area contributed by atoms with E-state index in [-0.39, 0.29) is 28.4 Å². The Bertz CT molecular complexity index is 822. The molecule has 0 bridgehead atoms. The molecule has 2 nitrogen and oxygen atoms in total. The fourth-order valence-corrected chi connectivity index (χ4v) is 2.58. The molecule has 1 aromatic heterocycles. The van der Waals surface area contributed by atoms with E-state index in [2.05, 4.69) is 4.98 Å². The summed E-state index contributed by atoms with van der Waals surface area (Å²) in [5, 5.41) is 0. The first-order chi connectivity index (χ1) is 10.0. The maximum Gasteiger partial charge on any atom is 0.153 e. The molecule has 0 fully saturated rings. The highest BCUT2D eigenvalue weighted by molar-refractivity contribution is 6.17. The van der Waals surface area contributed by atoms with Gasteiger partial charge in [-0.2, -0.15) is 0 Å².